The summed E-state index contributed by atoms with van der Waals surface area (Å²) >= 11 is 0. The van der Waals surface area contributed by atoms with Gasteiger partial charge in [-0.05, 0) is 0 Å². The number of rotatable bonds is 1. The van der Waals surface area contributed by atoms with Crippen molar-refractivity contribution < 1.29 is 14.1 Å². The minimum absolute atomic E-state index is 0.284. The zero-order valence-electron chi connectivity index (χ0n) is 5.40. The highest BCUT2D eigenvalue weighted by molar-refractivity contribution is 5.28. The predicted molar refractivity (Wildman–Crippen MR) is 30.8 cm³/mol. The van der Waals surface area contributed by atoms with Gasteiger partial charge in [0.25, 0.3) is 0 Å². The van der Waals surface area contributed by atoms with Gasteiger partial charge in [-0.2, -0.15) is 4.98 Å². The minimum Gasteiger partial charge on any atom is -0.447 e. The Labute approximate surface area is 57.1 Å². The maximum absolute atomic E-state index is 4.91. The molecule has 1 fully saturated rings. The van der Waals surface area contributed by atoms with Gasteiger partial charge in [0.05, 0.1) is 0 Å². The summed E-state index contributed by atoms with van der Waals surface area (Å²) in [6, 6.07) is 0. The Bertz CT molecular complexity index is 231. The zero-order chi connectivity index (χ0) is 6.97. The molecular formula is C5H6N2O3. The van der Waals surface area contributed by atoms with Gasteiger partial charge in [0.15, 0.2) is 5.89 Å². The lowest BCUT2D eigenvalue weighted by atomic mass is 10.7. The van der Waals surface area contributed by atoms with Gasteiger partial charge in [-0.25, -0.2) is 9.68 Å². The van der Waals surface area contributed by atoms with Crippen LogP contribution < -0.4 is 5.23 Å². The summed E-state index contributed by atoms with van der Waals surface area (Å²) in [4.78, 5) is 13.6. The lowest BCUT2D eigenvalue weighted by Crippen LogP contribution is -2.36. The molecule has 0 aromatic carbocycles. The second-order valence-corrected chi connectivity index (χ2v) is 1.86. The first kappa shape index (κ1) is 5.70. The van der Waals surface area contributed by atoms with E-state index in [0.717, 1.165) is 0 Å². The van der Waals surface area contributed by atoms with Gasteiger partial charge in [0.1, 0.15) is 6.26 Å². The number of aryl methyl sites for hydroxylation is 1. The fourth-order valence-electron chi connectivity index (χ4n) is 0.674. The van der Waals surface area contributed by atoms with Crippen LogP contribution in [0.3, 0.4) is 0 Å². The molecule has 0 unspecified atom stereocenters. The van der Waals surface area contributed by atoms with Gasteiger partial charge in [0, 0.05) is 6.92 Å². The van der Waals surface area contributed by atoms with Crippen LogP contribution in [0.1, 0.15) is 5.89 Å². The van der Waals surface area contributed by atoms with E-state index in [1.807, 2.05) is 0 Å². The van der Waals surface area contributed by atoms with Crippen molar-refractivity contribution in [2.24, 2.45) is 0 Å². The van der Waals surface area contributed by atoms with Crippen LogP contribution in [0.25, 0.3) is 0 Å². The average Bonchev–Trinajstić information content (AvgIpc) is 2.10. The molecule has 0 N–H and O–H groups in total. The van der Waals surface area contributed by atoms with Crippen LogP contribution in [0.2, 0.25) is 0 Å². The molecule has 2 rings (SSSR count). The molecule has 10 heavy (non-hydrogen) atoms. The molecule has 1 aromatic heterocycles. The third-order valence-electron chi connectivity index (χ3n) is 1.13. The Kier molecular flexibility index (Phi) is 1.12. The molecule has 5 nitrogen and oxygen atoms in total. The van der Waals surface area contributed by atoms with Crippen molar-refractivity contribution in [3.05, 3.63) is 12.2 Å². The number of anilines is 1. The van der Waals surface area contributed by atoms with E-state index in [0.29, 0.717) is 11.7 Å². The van der Waals surface area contributed by atoms with Crippen molar-refractivity contribution in [2.45, 2.75) is 6.92 Å². The summed E-state index contributed by atoms with van der Waals surface area (Å²) in [7, 11) is 0. The Hall–Kier alpha value is -1.07. The van der Waals surface area contributed by atoms with Crippen molar-refractivity contribution >= 4 is 5.82 Å². The predicted octanol–water partition coefficient (Wildman–Crippen LogP) is 0.624. The summed E-state index contributed by atoms with van der Waals surface area (Å²) in [6.07, 6.45) is 1.47. The van der Waals surface area contributed by atoms with Crippen LogP contribution in [0.15, 0.2) is 10.7 Å². The van der Waals surface area contributed by atoms with Gasteiger partial charge in [-0.1, -0.05) is 5.23 Å². The van der Waals surface area contributed by atoms with Crippen LogP contribution in [-0.4, -0.2) is 11.8 Å². The van der Waals surface area contributed by atoms with Gasteiger partial charge >= 0.3 is 0 Å². The highest BCUT2D eigenvalue weighted by Gasteiger charge is 2.20. The number of aromatic nitrogens is 1. The first-order valence-electron chi connectivity index (χ1n) is 2.84. The molecule has 0 aliphatic carbocycles. The van der Waals surface area contributed by atoms with Crippen molar-refractivity contribution in [3.8, 4) is 0 Å². The smallest absolute Gasteiger partial charge is 0.222 e. The molecule has 5 heteroatoms. The third-order valence-corrected chi connectivity index (χ3v) is 1.13. The van der Waals surface area contributed by atoms with Gasteiger partial charge in [-0.3, -0.25) is 0 Å². The van der Waals surface area contributed by atoms with E-state index < -0.39 is 0 Å². The van der Waals surface area contributed by atoms with Crippen molar-refractivity contribution in [1.82, 2.24) is 4.98 Å². The first-order valence-corrected chi connectivity index (χ1v) is 2.84. The standard InChI is InChI=1S/C5H6N2O3/c1-4-6-5(2-8-4)7-9-3-10-7/h2H,3H2,1H3. The van der Waals surface area contributed by atoms with E-state index in [1.54, 1.807) is 6.92 Å². The molecule has 1 saturated heterocycles. The second kappa shape index (κ2) is 1.96. The molecule has 0 radical (unpaired) electrons. The number of hydrogen-bond donors (Lipinski definition) is 0. The Morgan fingerprint density at radius 2 is 2.40 bits per heavy atom. The highest BCUT2D eigenvalue weighted by atomic mass is 17.1. The molecule has 1 aromatic rings. The van der Waals surface area contributed by atoms with Crippen LogP contribution in [0.4, 0.5) is 5.82 Å². The van der Waals surface area contributed by atoms with Crippen LogP contribution in [-0.2, 0) is 9.68 Å². The van der Waals surface area contributed by atoms with Crippen LogP contribution >= 0.6 is 0 Å². The summed E-state index contributed by atoms with van der Waals surface area (Å²) in [6.45, 7) is 2.04. The second-order valence-electron chi connectivity index (χ2n) is 1.86. The normalized spacial score (nSPS) is 17.1. The molecule has 2 heterocycles. The molecule has 1 aliphatic heterocycles. The number of oxazole rings is 1. The van der Waals surface area contributed by atoms with Gasteiger partial charge in [0.2, 0.25) is 12.6 Å². The molecule has 0 saturated carbocycles. The summed E-state index contributed by atoms with van der Waals surface area (Å²) in [5.41, 5.74) is 0. The van der Waals surface area contributed by atoms with E-state index in [-0.39, 0.29) is 6.79 Å². The lowest BCUT2D eigenvalue weighted by Gasteiger charge is -2.26. The highest BCUT2D eigenvalue weighted by Crippen LogP contribution is 2.18. The Morgan fingerprint density at radius 1 is 1.60 bits per heavy atom. The fraction of sp³-hybridized carbons (Fsp3) is 0.400. The Balaban J connectivity index is 2.17. The summed E-state index contributed by atoms with van der Waals surface area (Å²) < 4.78 is 4.91. The SMILES string of the molecule is Cc1nc(N2OCO2)co1. The van der Waals surface area contributed by atoms with Gasteiger partial charge in [-0.15, -0.1) is 0 Å². The lowest BCUT2D eigenvalue weighted by molar-refractivity contribution is -0.278. The van der Waals surface area contributed by atoms with E-state index in [9.17, 15) is 0 Å². The van der Waals surface area contributed by atoms with E-state index >= 15 is 0 Å². The minimum atomic E-state index is 0.284. The molecule has 54 valence electrons. The van der Waals surface area contributed by atoms with Crippen molar-refractivity contribution in [1.29, 1.82) is 0 Å². The van der Waals surface area contributed by atoms with E-state index in [2.05, 4.69) is 4.98 Å². The monoisotopic (exact) mass is 142 g/mol. The fourth-order valence-corrected chi connectivity index (χ4v) is 0.674. The average molecular weight is 142 g/mol. The first-order chi connectivity index (χ1) is 4.86. The molecule has 0 bridgehead atoms. The van der Waals surface area contributed by atoms with Crippen molar-refractivity contribution in [2.75, 3.05) is 12.0 Å². The molecule has 0 amide bonds. The summed E-state index contributed by atoms with van der Waals surface area (Å²) in [5.74, 6) is 1.14. The van der Waals surface area contributed by atoms with E-state index in [1.165, 1.54) is 11.5 Å². The van der Waals surface area contributed by atoms with Crippen LogP contribution in [0.5, 0.6) is 0 Å². The topological polar surface area (TPSA) is 47.7 Å². The maximum Gasteiger partial charge on any atom is 0.222 e. The molecule has 1 aliphatic rings. The maximum atomic E-state index is 4.91. The third kappa shape index (κ3) is 0.758. The van der Waals surface area contributed by atoms with Crippen LogP contribution in [0, 0.1) is 6.92 Å². The zero-order valence-corrected chi connectivity index (χ0v) is 5.40. The number of hydrogen-bond acceptors (Lipinski definition) is 5. The molecular weight excluding hydrogens is 136 g/mol. The molecule has 0 atom stereocenters. The quantitative estimate of drug-likeness (QED) is 0.575. The summed E-state index contributed by atoms with van der Waals surface area (Å²) in [5, 5.41) is 1.20. The molecule has 0 spiro atoms. The van der Waals surface area contributed by atoms with E-state index in [4.69, 9.17) is 14.1 Å². The Morgan fingerprint density at radius 3 is 2.80 bits per heavy atom. The van der Waals surface area contributed by atoms with Gasteiger partial charge < -0.3 is 4.42 Å². The van der Waals surface area contributed by atoms with Crippen molar-refractivity contribution in [3.63, 3.8) is 0 Å². The number of nitrogens with zero attached hydrogens (tertiary/aromatic N) is 2. The largest absolute Gasteiger partial charge is 0.447 e.